The molecule has 0 saturated carbocycles. The zero-order chi connectivity index (χ0) is 16.7. The Bertz CT molecular complexity index is 895. The number of nitrogens with zero attached hydrogens (tertiary/aromatic N) is 2. The van der Waals surface area contributed by atoms with Crippen LogP contribution in [0.5, 0.6) is 0 Å². The molecule has 4 heteroatoms. The van der Waals surface area contributed by atoms with Crippen LogP contribution in [0, 0.1) is 6.92 Å². The second-order valence-corrected chi connectivity index (χ2v) is 7.78. The van der Waals surface area contributed by atoms with Gasteiger partial charge in [-0.1, -0.05) is 12.1 Å². The van der Waals surface area contributed by atoms with Crippen molar-refractivity contribution < 1.29 is 0 Å². The fraction of sp³-hybridized carbons (Fsp3) is 0.250. The van der Waals surface area contributed by atoms with Crippen LogP contribution in [0.25, 0.3) is 16.9 Å². The quantitative estimate of drug-likeness (QED) is 0.589. The van der Waals surface area contributed by atoms with Gasteiger partial charge in [0.1, 0.15) is 5.82 Å². The van der Waals surface area contributed by atoms with Crippen LogP contribution in [-0.4, -0.2) is 22.1 Å². The number of aryl methyl sites for hydroxylation is 3. The summed E-state index contributed by atoms with van der Waals surface area (Å²) in [5.41, 5.74) is 6.30. The lowest BCUT2D eigenvalue weighted by Gasteiger charge is -2.21. The maximum atomic E-state index is 4.86. The minimum absolute atomic E-state index is 1.01. The predicted molar refractivity (Wildman–Crippen MR) is 105 cm³/mol. The van der Waals surface area contributed by atoms with Crippen LogP contribution in [0.3, 0.4) is 0 Å². The Kier molecular flexibility index (Phi) is 4.19. The van der Waals surface area contributed by atoms with Gasteiger partial charge in [-0.05, 0) is 61.8 Å². The number of hydrogen-bond donors (Lipinski definition) is 0. The van der Waals surface area contributed by atoms with E-state index in [-0.39, 0.29) is 0 Å². The van der Waals surface area contributed by atoms with E-state index >= 15 is 0 Å². The van der Waals surface area contributed by atoms with Gasteiger partial charge in [0.2, 0.25) is 0 Å². The van der Waals surface area contributed by atoms with Crippen molar-refractivity contribution in [2.24, 2.45) is 0 Å². The number of fused-ring (bicyclic) bond motifs is 3. The van der Waals surface area contributed by atoms with Crippen molar-refractivity contribution in [2.45, 2.75) is 29.6 Å². The Hall–Kier alpha value is -1.65. The molecular weight excluding hydrogens is 332 g/mol. The molecule has 2 nitrogen and oxygen atoms in total. The normalized spacial score (nSPS) is 12.8. The van der Waals surface area contributed by atoms with E-state index in [2.05, 4.69) is 66.5 Å². The Labute approximate surface area is 151 Å². The van der Waals surface area contributed by atoms with Gasteiger partial charge in [0.15, 0.2) is 0 Å². The zero-order valence-corrected chi connectivity index (χ0v) is 15.8. The van der Waals surface area contributed by atoms with Gasteiger partial charge >= 0.3 is 0 Å². The van der Waals surface area contributed by atoms with Crippen molar-refractivity contribution in [1.29, 1.82) is 0 Å². The predicted octanol–water partition coefficient (Wildman–Crippen LogP) is 5.39. The second kappa shape index (κ2) is 6.34. The maximum Gasteiger partial charge on any atom is 0.114 e. The number of imidazole rings is 1. The first-order valence-corrected chi connectivity index (χ1v) is 10.6. The number of aromatic nitrogens is 2. The average Bonchev–Trinajstić information content (AvgIpc) is 2.97. The summed E-state index contributed by atoms with van der Waals surface area (Å²) in [4.78, 5) is 7.49. The smallest absolute Gasteiger partial charge is 0.114 e. The van der Waals surface area contributed by atoms with Gasteiger partial charge in [0.05, 0.1) is 17.1 Å². The highest BCUT2D eigenvalue weighted by Crippen LogP contribution is 2.35. The van der Waals surface area contributed by atoms with E-state index in [0.29, 0.717) is 0 Å². The molecule has 1 aliphatic rings. The van der Waals surface area contributed by atoms with E-state index < -0.39 is 0 Å². The summed E-state index contributed by atoms with van der Waals surface area (Å²) in [6.07, 6.45) is 6.33. The lowest BCUT2D eigenvalue weighted by Crippen LogP contribution is -2.13. The van der Waals surface area contributed by atoms with Gasteiger partial charge in [0, 0.05) is 21.8 Å². The molecule has 3 aromatic rings. The third-order valence-corrected chi connectivity index (χ3v) is 6.10. The molecule has 2 aromatic carbocycles. The Morgan fingerprint density at radius 1 is 0.917 bits per heavy atom. The second-order valence-electron chi connectivity index (χ2n) is 6.02. The summed E-state index contributed by atoms with van der Waals surface area (Å²) in [6, 6.07) is 15.6. The molecule has 0 amide bonds. The lowest BCUT2D eigenvalue weighted by atomic mass is 10.0. The summed E-state index contributed by atoms with van der Waals surface area (Å²) < 4.78 is 2.37. The topological polar surface area (TPSA) is 17.8 Å². The van der Waals surface area contributed by atoms with Crippen LogP contribution in [0.1, 0.15) is 17.1 Å². The SMILES string of the molecule is CSc1ccc(-c2c(C)nc3n2-c2ccc(SC)cc2CC3)cc1. The molecule has 0 radical (unpaired) electrons. The third kappa shape index (κ3) is 2.58. The van der Waals surface area contributed by atoms with Crippen molar-refractivity contribution in [3.8, 4) is 16.9 Å². The van der Waals surface area contributed by atoms with Gasteiger partial charge in [-0.15, -0.1) is 23.5 Å². The van der Waals surface area contributed by atoms with Crippen LogP contribution in [-0.2, 0) is 12.8 Å². The molecule has 2 heterocycles. The summed E-state index contributed by atoms with van der Waals surface area (Å²) >= 11 is 3.58. The van der Waals surface area contributed by atoms with Gasteiger partial charge in [-0.25, -0.2) is 4.98 Å². The zero-order valence-electron chi connectivity index (χ0n) is 14.2. The molecule has 4 rings (SSSR count). The molecule has 0 bridgehead atoms. The van der Waals surface area contributed by atoms with E-state index in [1.54, 1.807) is 23.5 Å². The van der Waals surface area contributed by atoms with Crippen molar-refractivity contribution >= 4 is 23.5 Å². The Balaban J connectivity index is 1.89. The molecule has 0 fully saturated rings. The molecule has 1 aliphatic heterocycles. The first kappa shape index (κ1) is 15.9. The number of hydrogen-bond acceptors (Lipinski definition) is 3. The summed E-state index contributed by atoms with van der Waals surface area (Å²) in [6.45, 7) is 2.12. The monoisotopic (exact) mass is 352 g/mol. The molecule has 0 spiro atoms. The fourth-order valence-corrected chi connectivity index (χ4v) is 4.33. The van der Waals surface area contributed by atoms with E-state index in [1.807, 2.05) is 0 Å². The van der Waals surface area contributed by atoms with Crippen LogP contribution in [0.15, 0.2) is 52.3 Å². The molecule has 0 N–H and O–H groups in total. The molecule has 0 unspecified atom stereocenters. The first-order chi connectivity index (χ1) is 11.7. The molecule has 0 saturated heterocycles. The van der Waals surface area contributed by atoms with Crippen molar-refractivity contribution in [3.05, 3.63) is 59.5 Å². The van der Waals surface area contributed by atoms with Gasteiger partial charge in [0.25, 0.3) is 0 Å². The average molecular weight is 353 g/mol. The standard InChI is InChI=1S/C20H20N2S2/c1-13-20(14-4-7-16(23-2)8-5-14)22-18-10-9-17(24-3)12-15(18)6-11-19(22)21-13/h4-5,7-10,12H,6,11H2,1-3H3. The van der Waals surface area contributed by atoms with Gasteiger partial charge in [-0.2, -0.15) is 0 Å². The molecule has 122 valence electrons. The fourth-order valence-electron chi connectivity index (χ4n) is 3.46. The summed E-state index contributed by atoms with van der Waals surface area (Å²) in [7, 11) is 0. The van der Waals surface area contributed by atoms with Crippen LogP contribution in [0.2, 0.25) is 0 Å². The lowest BCUT2D eigenvalue weighted by molar-refractivity contribution is 0.777. The molecule has 24 heavy (non-hydrogen) atoms. The minimum Gasteiger partial charge on any atom is -0.296 e. The third-order valence-electron chi connectivity index (χ3n) is 4.63. The maximum absolute atomic E-state index is 4.86. The van der Waals surface area contributed by atoms with Crippen molar-refractivity contribution in [3.63, 3.8) is 0 Å². The van der Waals surface area contributed by atoms with Gasteiger partial charge < -0.3 is 0 Å². The van der Waals surface area contributed by atoms with E-state index in [4.69, 9.17) is 4.98 Å². The van der Waals surface area contributed by atoms with Crippen LogP contribution >= 0.6 is 23.5 Å². The summed E-state index contributed by atoms with van der Waals surface area (Å²) in [5, 5.41) is 0. The highest BCUT2D eigenvalue weighted by atomic mass is 32.2. The molecule has 1 aromatic heterocycles. The van der Waals surface area contributed by atoms with E-state index in [0.717, 1.165) is 18.5 Å². The number of rotatable bonds is 3. The Morgan fingerprint density at radius 2 is 1.62 bits per heavy atom. The van der Waals surface area contributed by atoms with Crippen LogP contribution < -0.4 is 0 Å². The summed E-state index contributed by atoms with van der Waals surface area (Å²) in [5.74, 6) is 1.18. The van der Waals surface area contributed by atoms with E-state index in [1.165, 1.54) is 38.1 Å². The molecule has 0 atom stereocenters. The van der Waals surface area contributed by atoms with Crippen molar-refractivity contribution in [1.82, 2.24) is 9.55 Å². The number of benzene rings is 2. The highest BCUT2D eigenvalue weighted by molar-refractivity contribution is 7.98. The Morgan fingerprint density at radius 3 is 2.33 bits per heavy atom. The van der Waals surface area contributed by atoms with Gasteiger partial charge in [-0.3, -0.25) is 4.57 Å². The molecule has 0 aliphatic carbocycles. The largest absolute Gasteiger partial charge is 0.296 e. The van der Waals surface area contributed by atoms with Crippen molar-refractivity contribution in [2.75, 3.05) is 12.5 Å². The van der Waals surface area contributed by atoms with E-state index in [9.17, 15) is 0 Å². The number of thioether (sulfide) groups is 2. The highest BCUT2D eigenvalue weighted by Gasteiger charge is 2.23. The minimum atomic E-state index is 1.01. The van der Waals surface area contributed by atoms with Crippen LogP contribution in [0.4, 0.5) is 0 Å². The first-order valence-electron chi connectivity index (χ1n) is 8.11. The molecular formula is C20H20N2S2.